The third kappa shape index (κ3) is 3.41. The topological polar surface area (TPSA) is 32.8 Å². The molecule has 0 aliphatic carbocycles. The number of nitrogens with zero attached hydrogens (tertiary/aromatic N) is 2. The van der Waals surface area contributed by atoms with Gasteiger partial charge >= 0.3 is 0 Å². The fourth-order valence-electron chi connectivity index (χ4n) is 2.88. The number of anilines is 1. The van der Waals surface area contributed by atoms with E-state index in [9.17, 15) is 9.18 Å². The molecule has 0 N–H and O–H groups in total. The lowest BCUT2D eigenvalue weighted by molar-refractivity contribution is -0.00271. The van der Waals surface area contributed by atoms with Crippen LogP contribution < -0.4 is 4.90 Å². The number of carbonyl (C=O) groups excluding carboxylic acids is 1. The van der Waals surface area contributed by atoms with E-state index in [4.69, 9.17) is 4.74 Å². The van der Waals surface area contributed by atoms with Crippen molar-refractivity contribution in [3.63, 3.8) is 0 Å². The number of rotatable bonds is 3. The van der Waals surface area contributed by atoms with Gasteiger partial charge in [0.15, 0.2) is 0 Å². The average molecular weight is 328 g/mol. The normalized spacial score (nSPS) is 17.6. The number of benzene rings is 2. The molecule has 0 saturated carbocycles. The molecule has 3 rings (SSSR count). The fourth-order valence-corrected chi connectivity index (χ4v) is 2.88. The van der Waals surface area contributed by atoms with Crippen LogP contribution >= 0.6 is 0 Å². The lowest BCUT2D eigenvalue weighted by Gasteiger charge is -2.36. The van der Waals surface area contributed by atoms with Crippen LogP contribution in [-0.4, -0.2) is 44.7 Å². The van der Waals surface area contributed by atoms with Crippen LogP contribution in [0.3, 0.4) is 0 Å². The second-order valence-electron chi connectivity index (χ2n) is 6.08. The first-order valence-corrected chi connectivity index (χ1v) is 7.98. The first-order valence-electron chi connectivity index (χ1n) is 7.98. The van der Waals surface area contributed by atoms with Crippen molar-refractivity contribution in [1.82, 2.24) is 4.90 Å². The van der Waals surface area contributed by atoms with Crippen molar-refractivity contribution in [3.8, 4) is 0 Å². The molecular weight excluding hydrogens is 307 g/mol. The molecular formula is C19H21FN2O2. The number of amides is 1. The van der Waals surface area contributed by atoms with Gasteiger partial charge in [-0.15, -0.1) is 0 Å². The predicted octanol–water partition coefficient (Wildman–Crippen LogP) is 3.11. The molecule has 1 atom stereocenters. The molecule has 1 heterocycles. The molecule has 1 unspecified atom stereocenters. The minimum absolute atomic E-state index is 0.0297. The van der Waals surface area contributed by atoms with E-state index in [1.807, 2.05) is 43.3 Å². The molecule has 2 aromatic carbocycles. The Kier molecular flexibility index (Phi) is 4.81. The highest BCUT2D eigenvalue weighted by atomic mass is 19.1. The maximum absolute atomic E-state index is 13.2. The molecule has 0 spiro atoms. The summed E-state index contributed by atoms with van der Waals surface area (Å²) in [5.41, 5.74) is 2.58. The summed E-state index contributed by atoms with van der Waals surface area (Å²) in [7, 11) is 3.92. The summed E-state index contributed by atoms with van der Waals surface area (Å²) in [5, 5.41) is 0. The van der Waals surface area contributed by atoms with Gasteiger partial charge in [0.2, 0.25) is 0 Å². The minimum atomic E-state index is -0.285. The molecule has 4 nitrogen and oxygen atoms in total. The van der Waals surface area contributed by atoms with E-state index in [1.165, 1.54) is 12.1 Å². The van der Waals surface area contributed by atoms with Crippen LogP contribution in [-0.2, 0) is 4.74 Å². The number of hydrogen-bond donors (Lipinski definition) is 0. The zero-order valence-electron chi connectivity index (χ0n) is 13.9. The molecule has 1 fully saturated rings. The first-order chi connectivity index (χ1) is 11.6. The number of morpholine rings is 1. The zero-order valence-corrected chi connectivity index (χ0v) is 13.9. The Bertz CT molecular complexity index is 698. The molecule has 0 radical (unpaired) electrons. The number of hydrogen-bond acceptors (Lipinski definition) is 3. The molecule has 1 aliphatic rings. The predicted molar refractivity (Wildman–Crippen MR) is 91.8 cm³/mol. The van der Waals surface area contributed by atoms with Crippen molar-refractivity contribution >= 4 is 11.6 Å². The lowest BCUT2D eigenvalue weighted by atomic mass is 10.0. The van der Waals surface area contributed by atoms with Gasteiger partial charge < -0.3 is 14.5 Å². The van der Waals surface area contributed by atoms with Crippen LogP contribution in [0.4, 0.5) is 10.1 Å². The Hall–Kier alpha value is -2.40. The smallest absolute Gasteiger partial charge is 0.254 e. The maximum atomic E-state index is 13.2. The molecule has 2 aromatic rings. The molecule has 126 valence electrons. The summed E-state index contributed by atoms with van der Waals surface area (Å²) in [6, 6.07) is 13.6. The summed E-state index contributed by atoms with van der Waals surface area (Å²) >= 11 is 0. The van der Waals surface area contributed by atoms with E-state index in [0.717, 1.165) is 11.3 Å². The van der Waals surface area contributed by atoms with Crippen molar-refractivity contribution in [2.24, 2.45) is 0 Å². The third-order valence-corrected chi connectivity index (χ3v) is 4.27. The first kappa shape index (κ1) is 16.5. The van der Waals surface area contributed by atoms with Gasteiger partial charge in [-0.05, 0) is 42.0 Å². The number of carbonyl (C=O) groups is 1. The molecule has 1 amide bonds. The monoisotopic (exact) mass is 328 g/mol. The third-order valence-electron chi connectivity index (χ3n) is 4.27. The van der Waals surface area contributed by atoms with Crippen LogP contribution in [0, 0.1) is 5.82 Å². The van der Waals surface area contributed by atoms with Crippen LogP contribution in [0.5, 0.6) is 0 Å². The van der Waals surface area contributed by atoms with Crippen molar-refractivity contribution in [3.05, 3.63) is 65.5 Å². The average Bonchev–Trinajstić information content (AvgIpc) is 2.62. The highest BCUT2D eigenvalue weighted by Gasteiger charge is 2.29. The largest absolute Gasteiger partial charge is 0.378 e. The zero-order chi connectivity index (χ0) is 17.1. The lowest BCUT2D eigenvalue weighted by Crippen LogP contribution is -2.43. The highest BCUT2D eigenvalue weighted by Crippen LogP contribution is 2.26. The maximum Gasteiger partial charge on any atom is 0.254 e. The van der Waals surface area contributed by atoms with Crippen LogP contribution in [0.15, 0.2) is 48.5 Å². The Balaban J connectivity index is 1.84. The molecule has 1 saturated heterocycles. The number of ether oxygens (including phenoxy) is 1. The van der Waals surface area contributed by atoms with Crippen molar-refractivity contribution < 1.29 is 13.9 Å². The summed E-state index contributed by atoms with van der Waals surface area (Å²) in [6.45, 7) is 1.46. The quantitative estimate of drug-likeness (QED) is 0.868. The van der Waals surface area contributed by atoms with Gasteiger partial charge in [0.05, 0.1) is 19.3 Å². The van der Waals surface area contributed by atoms with E-state index in [-0.39, 0.29) is 17.8 Å². The van der Waals surface area contributed by atoms with Gasteiger partial charge in [-0.1, -0.05) is 12.1 Å². The Morgan fingerprint density at radius 2 is 1.79 bits per heavy atom. The van der Waals surface area contributed by atoms with Gasteiger partial charge in [-0.25, -0.2) is 4.39 Å². The summed E-state index contributed by atoms with van der Waals surface area (Å²) < 4.78 is 18.7. The molecule has 5 heteroatoms. The van der Waals surface area contributed by atoms with Gasteiger partial charge in [0.25, 0.3) is 5.91 Å². The van der Waals surface area contributed by atoms with Gasteiger partial charge in [-0.2, -0.15) is 0 Å². The van der Waals surface area contributed by atoms with Crippen LogP contribution in [0.25, 0.3) is 0 Å². The summed E-state index contributed by atoms with van der Waals surface area (Å²) in [4.78, 5) is 16.7. The second kappa shape index (κ2) is 7.01. The molecule has 0 aromatic heterocycles. The standard InChI is InChI=1S/C19H21FN2O2/c1-21(2)17-9-5-15(6-10-17)19(23)22-11-12-24-13-18(22)14-3-7-16(20)8-4-14/h3-10,18H,11-13H2,1-2H3. The summed E-state index contributed by atoms with van der Waals surface area (Å²) in [6.07, 6.45) is 0. The van der Waals surface area contributed by atoms with Crippen molar-refractivity contribution in [1.29, 1.82) is 0 Å². The second-order valence-corrected chi connectivity index (χ2v) is 6.08. The Labute approximate surface area is 141 Å². The highest BCUT2D eigenvalue weighted by molar-refractivity contribution is 5.95. The van der Waals surface area contributed by atoms with E-state index in [1.54, 1.807) is 17.0 Å². The molecule has 0 bridgehead atoms. The minimum Gasteiger partial charge on any atom is -0.378 e. The van der Waals surface area contributed by atoms with E-state index in [2.05, 4.69) is 0 Å². The Morgan fingerprint density at radius 1 is 1.12 bits per heavy atom. The SMILES string of the molecule is CN(C)c1ccc(C(=O)N2CCOCC2c2ccc(F)cc2)cc1. The van der Waals surface area contributed by atoms with Gasteiger partial charge in [0.1, 0.15) is 5.82 Å². The van der Waals surface area contributed by atoms with Crippen molar-refractivity contribution in [2.45, 2.75) is 6.04 Å². The number of halogens is 1. The Morgan fingerprint density at radius 3 is 2.42 bits per heavy atom. The van der Waals surface area contributed by atoms with Crippen LogP contribution in [0.1, 0.15) is 22.0 Å². The van der Waals surface area contributed by atoms with E-state index >= 15 is 0 Å². The van der Waals surface area contributed by atoms with Gasteiger partial charge in [-0.3, -0.25) is 4.79 Å². The molecule has 24 heavy (non-hydrogen) atoms. The van der Waals surface area contributed by atoms with E-state index < -0.39 is 0 Å². The van der Waals surface area contributed by atoms with Crippen molar-refractivity contribution in [2.75, 3.05) is 38.8 Å². The summed E-state index contributed by atoms with van der Waals surface area (Å²) in [5.74, 6) is -0.314. The van der Waals surface area contributed by atoms with E-state index in [0.29, 0.717) is 25.3 Å². The van der Waals surface area contributed by atoms with Crippen LogP contribution in [0.2, 0.25) is 0 Å². The molecule has 1 aliphatic heterocycles. The fraction of sp³-hybridized carbons (Fsp3) is 0.316. The van der Waals surface area contributed by atoms with Gasteiger partial charge in [0, 0.05) is 31.9 Å².